The van der Waals surface area contributed by atoms with E-state index >= 15 is 0 Å². The molecule has 202 valence electrons. The minimum Gasteiger partial charge on any atom is -0.339 e. The van der Waals surface area contributed by atoms with Crippen molar-refractivity contribution in [3.8, 4) is 0 Å². The average Bonchev–Trinajstić information content (AvgIpc) is 2.94. The Kier molecular flexibility index (Phi) is 7.87. The van der Waals surface area contributed by atoms with Crippen molar-refractivity contribution in [3.63, 3.8) is 0 Å². The van der Waals surface area contributed by atoms with Gasteiger partial charge in [-0.2, -0.15) is 0 Å². The molecule has 5 rings (SSSR count). The van der Waals surface area contributed by atoms with Crippen LogP contribution in [0.15, 0.2) is 65.6 Å². The second-order valence-corrected chi connectivity index (χ2v) is 13.6. The smallest absolute Gasteiger partial charge is 0.254 e. The number of halogens is 1. The van der Waals surface area contributed by atoms with Gasteiger partial charge in [-0.1, -0.05) is 36.4 Å². The third kappa shape index (κ3) is 5.50. The van der Waals surface area contributed by atoms with E-state index in [1.807, 2.05) is 29.2 Å². The summed E-state index contributed by atoms with van der Waals surface area (Å²) in [5.41, 5.74) is 1.78. The first kappa shape index (κ1) is 26.8. The first-order valence-corrected chi connectivity index (χ1v) is 15.3. The third-order valence-corrected chi connectivity index (χ3v) is 10.6. The number of benzene rings is 3. The van der Waals surface area contributed by atoms with Gasteiger partial charge < -0.3 is 9.80 Å². The molecule has 2 aliphatic rings. The van der Waals surface area contributed by atoms with Crippen molar-refractivity contribution in [2.75, 3.05) is 26.2 Å². The van der Waals surface area contributed by atoms with Gasteiger partial charge in [-0.15, -0.1) is 0 Å². The molecule has 0 aromatic heterocycles. The Morgan fingerprint density at radius 2 is 1.50 bits per heavy atom. The monoisotopic (exact) mass is 536 g/mol. The van der Waals surface area contributed by atoms with Gasteiger partial charge in [0.05, 0.1) is 10.1 Å². The number of amides is 1. The van der Waals surface area contributed by atoms with Crippen molar-refractivity contribution in [2.45, 2.75) is 62.1 Å². The number of hydrogen-bond donors (Lipinski definition) is 0. The van der Waals surface area contributed by atoms with Gasteiger partial charge in [0.25, 0.3) is 5.91 Å². The molecule has 2 heterocycles. The number of fused-ring (bicyclic) bond motifs is 1. The second-order valence-electron chi connectivity index (χ2n) is 11.1. The molecule has 5 nitrogen and oxygen atoms in total. The zero-order chi connectivity index (χ0) is 26.9. The summed E-state index contributed by atoms with van der Waals surface area (Å²) in [4.78, 5) is 18.2. The SMILES string of the molecule is CC(C)S(=O)(=O)c1ccc(CC2CCN(C3CCN(C(=O)c4ccc(F)c5ccccc45)CC3)CC2)cc1. The maximum Gasteiger partial charge on any atom is 0.254 e. The highest BCUT2D eigenvalue weighted by Gasteiger charge is 2.30. The van der Waals surface area contributed by atoms with Crippen LogP contribution in [0.2, 0.25) is 0 Å². The molecular weight excluding hydrogens is 499 g/mol. The zero-order valence-electron chi connectivity index (χ0n) is 22.3. The maximum absolute atomic E-state index is 14.2. The van der Waals surface area contributed by atoms with Gasteiger partial charge in [0.1, 0.15) is 5.82 Å². The van der Waals surface area contributed by atoms with E-state index in [4.69, 9.17) is 0 Å². The molecule has 1 amide bonds. The van der Waals surface area contributed by atoms with Crippen LogP contribution in [-0.4, -0.2) is 61.6 Å². The number of sulfone groups is 1. The van der Waals surface area contributed by atoms with Gasteiger partial charge in [-0.3, -0.25) is 4.79 Å². The molecule has 38 heavy (non-hydrogen) atoms. The van der Waals surface area contributed by atoms with Gasteiger partial charge >= 0.3 is 0 Å². The largest absolute Gasteiger partial charge is 0.339 e. The lowest BCUT2D eigenvalue weighted by molar-refractivity contribution is 0.0553. The number of hydrogen-bond acceptors (Lipinski definition) is 4. The van der Waals surface area contributed by atoms with Crippen molar-refractivity contribution < 1.29 is 17.6 Å². The Morgan fingerprint density at radius 1 is 0.868 bits per heavy atom. The van der Waals surface area contributed by atoms with Crippen LogP contribution < -0.4 is 0 Å². The van der Waals surface area contributed by atoms with Crippen molar-refractivity contribution in [2.24, 2.45) is 5.92 Å². The van der Waals surface area contributed by atoms with E-state index in [1.54, 1.807) is 44.2 Å². The van der Waals surface area contributed by atoms with E-state index in [0.29, 0.717) is 33.2 Å². The van der Waals surface area contributed by atoms with Crippen molar-refractivity contribution >= 4 is 26.5 Å². The molecule has 2 saturated heterocycles. The molecule has 0 saturated carbocycles. The summed E-state index contributed by atoms with van der Waals surface area (Å²) in [6.45, 7) is 7.00. The Balaban J connectivity index is 1.12. The molecule has 0 bridgehead atoms. The highest BCUT2D eigenvalue weighted by Crippen LogP contribution is 2.29. The zero-order valence-corrected chi connectivity index (χ0v) is 23.1. The van der Waals surface area contributed by atoms with E-state index in [0.717, 1.165) is 58.3 Å². The lowest BCUT2D eigenvalue weighted by Gasteiger charge is -2.42. The molecule has 2 aliphatic heterocycles. The van der Waals surface area contributed by atoms with Crippen molar-refractivity contribution in [1.29, 1.82) is 0 Å². The Morgan fingerprint density at radius 3 is 2.13 bits per heavy atom. The Bertz CT molecular complexity index is 1390. The second kappa shape index (κ2) is 11.1. The van der Waals surface area contributed by atoms with Crippen molar-refractivity contribution in [1.82, 2.24) is 9.80 Å². The highest BCUT2D eigenvalue weighted by molar-refractivity contribution is 7.92. The van der Waals surface area contributed by atoms with Crippen LogP contribution in [0.4, 0.5) is 4.39 Å². The summed E-state index contributed by atoms with van der Waals surface area (Å²) in [6, 6.07) is 18.1. The predicted octanol–water partition coefficient (Wildman–Crippen LogP) is 5.72. The number of nitrogens with zero attached hydrogens (tertiary/aromatic N) is 2. The number of carbonyl (C=O) groups excluding carboxylic acids is 1. The van der Waals surface area contributed by atoms with E-state index in [9.17, 15) is 17.6 Å². The molecule has 0 radical (unpaired) electrons. The summed E-state index contributed by atoms with van der Waals surface area (Å²) in [5.74, 6) is 0.299. The van der Waals surface area contributed by atoms with Gasteiger partial charge in [-0.25, -0.2) is 12.8 Å². The summed E-state index contributed by atoms with van der Waals surface area (Å²) >= 11 is 0. The maximum atomic E-state index is 14.2. The number of rotatable bonds is 6. The van der Waals surface area contributed by atoms with Gasteiger partial charge in [0.2, 0.25) is 0 Å². The fourth-order valence-corrected chi connectivity index (χ4v) is 7.06. The lowest BCUT2D eigenvalue weighted by atomic mass is 9.88. The minimum atomic E-state index is -3.23. The van der Waals surface area contributed by atoms with E-state index in [-0.39, 0.29) is 11.7 Å². The molecule has 7 heteroatoms. The van der Waals surface area contributed by atoms with Crippen LogP contribution in [0.3, 0.4) is 0 Å². The first-order valence-electron chi connectivity index (χ1n) is 13.8. The summed E-state index contributed by atoms with van der Waals surface area (Å²) in [6.07, 6.45) is 5.16. The van der Waals surface area contributed by atoms with Gasteiger partial charge in [-0.05, 0) is 100 Å². The average molecular weight is 537 g/mol. The van der Waals surface area contributed by atoms with Crippen molar-refractivity contribution in [3.05, 3.63) is 77.6 Å². The van der Waals surface area contributed by atoms with Crippen LogP contribution in [0.5, 0.6) is 0 Å². The third-order valence-electron chi connectivity index (χ3n) is 8.42. The predicted molar refractivity (Wildman–Crippen MR) is 150 cm³/mol. The molecule has 3 aromatic rings. The molecule has 0 spiro atoms. The normalized spacial score (nSPS) is 18.4. The van der Waals surface area contributed by atoms with Gasteiger partial charge in [0.15, 0.2) is 9.84 Å². The first-order chi connectivity index (χ1) is 18.2. The molecular formula is C31H37FN2O3S. The van der Waals surface area contributed by atoms with Crippen LogP contribution in [0.1, 0.15) is 55.5 Å². The molecule has 3 aromatic carbocycles. The molecule has 0 aliphatic carbocycles. The Labute approximate surface area is 225 Å². The fraction of sp³-hybridized carbons (Fsp3) is 0.452. The topological polar surface area (TPSA) is 57.7 Å². The number of likely N-dealkylation sites (tertiary alicyclic amines) is 2. The Hall–Kier alpha value is -2.77. The molecule has 2 fully saturated rings. The number of piperidine rings is 2. The molecule has 0 N–H and O–H groups in total. The van der Waals surface area contributed by atoms with E-state index in [1.165, 1.54) is 11.6 Å². The quantitative estimate of drug-likeness (QED) is 0.404. The summed E-state index contributed by atoms with van der Waals surface area (Å²) in [5, 5.41) is 0.760. The summed E-state index contributed by atoms with van der Waals surface area (Å²) in [7, 11) is -3.23. The van der Waals surface area contributed by atoms with E-state index in [2.05, 4.69) is 4.90 Å². The number of carbonyl (C=O) groups is 1. The lowest BCUT2D eigenvalue weighted by Crippen LogP contribution is -2.49. The molecule has 0 unspecified atom stereocenters. The van der Waals surface area contributed by atoms with Gasteiger partial charge in [0, 0.05) is 30.1 Å². The summed E-state index contributed by atoms with van der Waals surface area (Å²) < 4.78 is 39.0. The molecule has 0 atom stereocenters. The highest BCUT2D eigenvalue weighted by atomic mass is 32.2. The van der Waals surface area contributed by atoms with Crippen LogP contribution >= 0.6 is 0 Å². The standard InChI is InChI=1S/C31H37FN2O3S/c1-22(2)38(36,37)26-9-7-23(8-10-26)21-24-13-17-33(18-14-24)25-15-19-34(20-16-25)31(35)29-11-12-30(32)28-6-4-3-5-27(28)29/h3-12,22,24-25H,13-21H2,1-2H3. The van der Waals surface area contributed by atoms with Crippen LogP contribution in [0.25, 0.3) is 10.8 Å². The minimum absolute atomic E-state index is 0.00873. The van der Waals surface area contributed by atoms with Crippen LogP contribution in [-0.2, 0) is 16.3 Å². The van der Waals surface area contributed by atoms with Crippen LogP contribution in [0, 0.1) is 11.7 Å². The van der Waals surface area contributed by atoms with E-state index < -0.39 is 15.1 Å². The fourth-order valence-electron chi connectivity index (χ4n) is 6.00.